The Labute approximate surface area is 93.0 Å². The molecule has 0 aromatic heterocycles. The van der Waals surface area contributed by atoms with Crippen molar-refractivity contribution in [1.29, 1.82) is 0 Å². The summed E-state index contributed by atoms with van der Waals surface area (Å²) in [5, 5.41) is 3.50. The fraction of sp³-hybridized carbons (Fsp3) is 0.455. The van der Waals surface area contributed by atoms with E-state index in [4.69, 9.17) is 5.73 Å². The van der Waals surface area contributed by atoms with Crippen molar-refractivity contribution in [3.8, 4) is 0 Å². The van der Waals surface area contributed by atoms with Gasteiger partial charge in [0.2, 0.25) is 0 Å². The molecule has 1 unspecified atom stereocenters. The average Bonchev–Trinajstić information content (AvgIpc) is 2.55. The van der Waals surface area contributed by atoms with Crippen LogP contribution in [0.25, 0.3) is 0 Å². The minimum absolute atomic E-state index is 0.474. The average molecular weight is 255 g/mol. The molecule has 1 aromatic carbocycles. The third-order valence-electron chi connectivity index (χ3n) is 2.81. The van der Waals surface area contributed by atoms with Gasteiger partial charge in [0.15, 0.2) is 0 Å². The second kappa shape index (κ2) is 3.55. The molecule has 0 saturated carbocycles. The van der Waals surface area contributed by atoms with Crippen LogP contribution in [-0.2, 0) is 6.54 Å². The predicted octanol–water partition coefficient (Wildman–Crippen LogP) is 2.83. The van der Waals surface area contributed by atoms with Gasteiger partial charge in [-0.2, -0.15) is 0 Å². The standard InChI is InChI=1S/C11H15BrN2/c1-6(2)11-7-3-4-9(13)10(12)8(7)5-14-11/h3-4,6,11,14H,5,13H2,1-2H3. The summed E-state index contributed by atoms with van der Waals surface area (Å²) in [6.07, 6.45) is 0. The van der Waals surface area contributed by atoms with E-state index in [1.165, 1.54) is 11.1 Å². The molecule has 0 aliphatic carbocycles. The highest BCUT2D eigenvalue weighted by atomic mass is 79.9. The molecule has 14 heavy (non-hydrogen) atoms. The monoisotopic (exact) mass is 254 g/mol. The van der Waals surface area contributed by atoms with Crippen LogP contribution in [0.5, 0.6) is 0 Å². The minimum atomic E-state index is 0.474. The van der Waals surface area contributed by atoms with Crippen molar-refractivity contribution in [3.63, 3.8) is 0 Å². The second-order valence-electron chi connectivity index (χ2n) is 4.14. The molecule has 0 spiro atoms. The number of rotatable bonds is 1. The van der Waals surface area contributed by atoms with Crippen LogP contribution in [0.3, 0.4) is 0 Å². The summed E-state index contributed by atoms with van der Waals surface area (Å²) >= 11 is 3.54. The molecule has 1 aliphatic rings. The van der Waals surface area contributed by atoms with Gasteiger partial charge < -0.3 is 11.1 Å². The lowest BCUT2D eigenvalue weighted by atomic mass is 9.96. The molecule has 3 heteroatoms. The molecule has 2 nitrogen and oxygen atoms in total. The molecule has 0 radical (unpaired) electrons. The number of halogens is 1. The van der Waals surface area contributed by atoms with Crippen LogP contribution in [0, 0.1) is 5.92 Å². The van der Waals surface area contributed by atoms with E-state index in [0.717, 1.165) is 16.7 Å². The number of benzene rings is 1. The Morgan fingerprint density at radius 3 is 2.86 bits per heavy atom. The van der Waals surface area contributed by atoms with Crippen molar-refractivity contribution in [2.45, 2.75) is 26.4 Å². The first-order valence-electron chi connectivity index (χ1n) is 4.91. The molecule has 0 saturated heterocycles. The highest BCUT2D eigenvalue weighted by Crippen LogP contribution is 2.37. The van der Waals surface area contributed by atoms with Crippen molar-refractivity contribution >= 4 is 21.6 Å². The van der Waals surface area contributed by atoms with Crippen LogP contribution >= 0.6 is 15.9 Å². The largest absolute Gasteiger partial charge is 0.398 e. The Bertz CT molecular complexity index is 361. The molecular formula is C11H15BrN2. The Hall–Kier alpha value is -0.540. The van der Waals surface area contributed by atoms with Crippen LogP contribution in [-0.4, -0.2) is 0 Å². The van der Waals surface area contributed by atoms with Gasteiger partial charge in [0.1, 0.15) is 0 Å². The first-order chi connectivity index (χ1) is 6.61. The third kappa shape index (κ3) is 1.44. The third-order valence-corrected chi connectivity index (χ3v) is 3.75. The van der Waals surface area contributed by atoms with Crippen molar-refractivity contribution in [2.75, 3.05) is 5.73 Å². The van der Waals surface area contributed by atoms with Gasteiger partial charge >= 0.3 is 0 Å². The van der Waals surface area contributed by atoms with Gasteiger partial charge in [0, 0.05) is 22.7 Å². The van der Waals surface area contributed by atoms with Crippen LogP contribution in [0.2, 0.25) is 0 Å². The van der Waals surface area contributed by atoms with Crippen molar-refractivity contribution < 1.29 is 0 Å². The lowest BCUT2D eigenvalue weighted by Crippen LogP contribution is -2.17. The highest BCUT2D eigenvalue weighted by molar-refractivity contribution is 9.10. The second-order valence-corrected chi connectivity index (χ2v) is 4.93. The van der Waals surface area contributed by atoms with Crippen molar-refractivity contribution in [3.05, 3.63) is 27.7 Å². The first kappa shape index (κ1) is 9.99. The molecule has 2 rings (SSSR count). The maximum absolute atomic E-state index is 5.84. The van der Waals surface area contributed by atoms with E-state index >= 15 is 0 Å². The number of nitrogens with two attached hydrogens (primary N) is 1. The van der Waals surface area contributed by atoms with E-state index in [9.17, 15) is 0 Å². The summed E-state index contributed by atoms with van der Waals surface area (Å²) in [5.74, 6) is 0.617. The molecule has 1 atom stereocenters. The zero-order chi connectivity index (χ0) is 10.3. The van der Waals surface area contributed by atoms with Gasteiger partial charge in [-0.25, -0.2) is 0 Å². The number of anilines is 1. The zero-order valence-electron chi connectivity index (χ0n) is 8.47. The van der Waals surface area contributed by atoms with Gasteiger partial charge in [-0.05, 0) is 39.0 Å². The number of nitrogen functional groups attached to an aromatic ring is 1. The Kier molecular flexibility index (Phi) is 2.54. The summed E-state index contributed by atoms with van der Waals surface area (Å²) < 4.78 is 1.06. The quantitative estimate of drug-likeness (QED) is 0.757. The lowest BCUT2D eigenvalue weighted by molar-refractivity contribution is 0.441. The van der Waals surface area contributed by atoms with Crippen molar-refractivity contribution in [1.82, 2.24) is 5.32 Å². The summed E-state index contributed by atoms with van der Waals surface area (Å²) in [6, 6.07) is 4.59. The van der Waals surface area contributed by atoms with E-state index in [-0.39, 0.29) is 0 Å². The number of hydrogen-bond donors (Lipinski definition) is 2. The minimum Gasteiger partial charge on any atom is -0.398 e. The maximum atomic E-state index is 5.84. The molecular weight excluding hydrogens is 240 g/mol. The smallest absolute Gasteiger partial charge is 0.0462 e. The molecule has 1 heterocycles. The summed E-state index contributed by atoms with van der Waals surface area (Å²) in [6.45, 7) is 5.39. The summed E-state index contributed by atoms with van der Waals surface area (Å²) in [5.41, 5.74) is 9.38. The molecule has 0 bridgehead atoms. The van der Waals surface area contributed by atoms with Crippen LogP contribution in [0.15, 0.2) is 16.6 Å². The molecule has 0 fully saturated rings. The zero-order valence-corrected chi connectivity index (χ0v) is 10.1. The lowest BCUT2D eigenvalue weighted by Gasteiger charge is -2.16. The first-order valence-corrected chi connectivity index (χ1v) is 5.70. The topological polar surface area (TPSA) is 38.0 Å². The Morgan fingerprint density at radius 2 is 2.21 bits per heavy atom. The molecule has 1 aromatic rings. The van der Waals surface area contributed by atoms with Gasteiger partial charge in [-0.3, -0.25) is 0 Å². The molecule has 76 valence electrons. The van der Waals surface area contributed by atoms with Gasteiger partial charge in [-0.1, -0.05) is 19.9 Å². The highest BCUT2D eigenvalue weighted by Gasteiger charge is 2.26. The summed E-state index contributed by atoms with van der Waals surface area (Å²) in [7, 11) is 0. The summed E-state index contributed by atoms with van der Waals surface area (Å²) in [4.78, 5) is 0. The molecule has 0 amide bonds. The van der Waals surface area contributed by atoms with Gasteiger partial charge in [0.25, 0.3) is 0 Å². The molecule has 3 N–H and O–H groups in total. The van der Waals surface area contributed by atoms with E-state index in [2.05, 4.69) is 41.2 Å². The Morgan fingerprint density at radius 1 is 1.50 bits per heavy atom. The van der Waals surface area contributed by atoms with Crippen LogP contribution in [0.1, 0.15) is 31.0 Å². The number of fused-ring (bicyclic) bond motifs is 1. The Balaban J connectivity index is 2.48. The van der Waals surface area contributed by atoms with Crippen LogP contribution < -0.4 is 11.1 Å². The van der Waals surface area contributed by atoms with E-state index < -0.39 is 0 Å². The van der Waals surface area contributed by atoms with Gasteiger partial charge in [-0.15, -0.1) is 0 Å². The number of hydrogen-bond acceptors (Lipinski definition) is 2. The maximum Gasteiger partial charge on any atom is 0.0462 e. The SMILES string of the molecule is CC(C)C1NCc2c1ccc(N)c2Br. The van der Waals surface area contributed by atoms with E-state index in [1.807, 2.05) is 6.07 Å². The van der Waals surface area contributed by atoms with Gasteiger partial charge in [0.05, 0.1) is 0 Å². The van der Waals surface area contributed by atoms with E-state index in [0.29, 0.717) is 12.0 Å². The fourth-order valence-corrected chi connectivity index (χ4v) is 2.54. The molecule has 1 aliphatic heterocycles. The fourth-order valence-electron chi connectivity index (χ4n) is 2.04. The van der Waals surface area contributed by atoms with Crippen molar-refractivity contribution in [2.24, 2.45) is 5.92 Å². The number of nitrogens with one attached hydrogen (secondary N) is 1. The van der Waals surface area contributed by atoms with Crippen LogP contribution in [0.4, 0.5) is 5.69 Å². The van der Waals surface area contributed by atoms with E-state index in [1.54, 1.807) is 0 Å². The normalized spacial score (nSPS) is 20.1. The predicted molar refractivity (Wildman–Crippen MR) is 63.0 cm³/mol.